The molecule has 0 aliphatic carbocycles. The molecule has 0 aromatic rings. The van der Waals surface area contributed by atoms with Gasteiger partial charge < -0.3 is 0 Å². The number of rotatable bonds is 4. The summed E-state index contributed by atoms with van der Waals surface area (Å²) in [5.41, 5.74) is 0. The molecule has 1 heteroatoms. The van der Waals surface area contributed by atoms with E-state index in [1.54, 1.807) is 0 Å². The molecule has 0 amide bonds. The second-order valence-electron chi connectivity index (χ2n) is 5.62. The van der Waals surface area contributed by atoms with E-state index in [-0.39, 0.29) is 0 Å². The largest absolute Gasteiger partial charge is 0.149 e. The quantitative estimate of drug-likeness (QED) is 0.642. The molecule has 0 aliphatic rings. The third kappa shape index (κ3) is 3.93. The van der Waals surface area contributed by atoms with Gasteiger partial charge in [-0.2, -0.15) is 0 Å². The maximum atomic E-state index is 2.35. The summed E-state index contributed by atoms with van der Waals surface area (Å²) in [5, 5.41) is 0. The first-order valence-corrected chi connectivity index (χ1v) is 6.11. The van der Waals surface area contributed by atoms with Crippen molar-refractivity contribution >= 4 is 11.8 Å². The Balaban J connectivity index is 4.42. The molecule has 0 spiro atoms. The molecule has 0 aromatic heterocycles. The number of hydrogen-bond acceptors (Lipinski definition) is 1. The zero-order valence-electron chi connectivity index (χ0n) is 10.6. The summed E-state index contributed by atoms with van der Waals surface area (Å²) < 4.78 is 0.765. The van der Waals surface area contributed by atoms with Crippen LogP contribution < -0.4 is 0 Å². The standard InChI is InChI=1S/C12H26S/c1-9(2)11(5,6)13-12(7,8)10(3)4/h9-10H,1-8H3. The molecule has 0 nitrogen and oxygen atoms in total. The van der Waals surface area contributed by atoms with Crippen molar-refractivity contribution in [3.05, 3.63) is 0 Å². The van der Waals surface area contributed by atoms with Crippen molar-refractivity contribution < 1.29 is 0 Å². The average Bonchev–Trinajstić information content (AvgIpc) is 1.83. The first kappa shape index (κ1) is 13.4. The molecular weight excluding hydrogens is 176 g/mol. The Morgan fingerprint density at radius 1 is 0.692 bits per heavy atom. The zero-order valence-corrected chi connectivity index (χ0v) is 11.4. The van der Waals surface area contributed by atoms with E-state index in [0.717, 1.165) is 11.8 Å². The molecule has 0 N–H and O–H groups in total. The highest BCUT2D eigenvalue weighted by Gasteiger charge is 2.33. The van der Waals surface area contributed by atoms with Gasteiger partial charge in [0, 0.05) is 9.49 Å². The Kier molecular flexibility index (Phi) is 4.36. The van der Waals surface area contributed by atoms with E-state index in [1.807, 2.05) is 0 Å². The lowest BCUT2D eigenvalue weighted by molar-refractivity contribution is 0.463. The Morgan fingerprint density at radius 2 is 0.923 bits per heavy atom. The second kappa shape index (κ2) is 4.25. The van der Waals surface area contributed by atoms with Crippen LogP contribution in [-0.4, -0.2) is 9.49 Å². The Hall–Kier alpha value is 0.350. The van der Waals surface area contributed by atoms with Gasteiger partial charge in [-0.3, -0.25) is 0 Å². The maximum absolute atomic E-state index is 2.35. The van der Waals surface area contributed by atoms with Crippen LogP contribution in [-0.2, 0) is 0 Å². The van der Waals surface area contributed by atoms with E-state index in [1.165, 1.54) is 0 Å². The van der Waals surface area contributed by atoms with Gasteiger partial charge in [-0.25, -0.2) is 0 Å². The normalized spacial score (nSPS) is 14.3. The highest BCUT2D eigenvalue weighted by molar-refractivity contribution is 8.01. The maximum Gasteiger partial charge on any atom is 0.0132 e. The monoisotopic (exact) mass is 202 g/mol. The Morgan fingerprint density at radius 3 is 1.08 bits per heavy atom. The lowest BCUT2D eigenvalue weighted by atomic mass is 9.98. The van der Waals surface area contributed by atoms with Crippen LogP contribution in [0.25, 0.3) is 0 Å². The minimum absolute atomic E-state index is 0.383. The SMILES string of the molecule is CC(C)C(C)(C)SC(C)(C)C(C)C. The van der Waals surface area contributed by atoms with E-state index in [0.29, 0.717) is 9.49 Å². The van der Waals surface area contributed by atoms with Crippen molar-refractivity contribution in [2.75, 3.05) is 0 Å². The van der Waals surface area contributed by atoms with Crippen molar-refractivity contribution in [1.29, 1.82) is 0 Å². The summed E-state index contributed by atoms with van der Waals surface area (Å²) in [6.45, 7) is 18.7. The molecule has 0 bridgehead atoms. The van der Waals surface area contributed by atoms with Crippen molar-refractivity contribution in [3.63, 3.8) is 0 Å². The molecule has 0 rings (SSSR count). The molecule has 0 aromatic carbocycles. The fourth-order valence-corrected chi connectivity index (χ4v) is 2.74. The second-order valence-corrected chi connectivity index (χ2v) is 7.93. The summed E-state index contributed by atoms with van der Waals surface area (Å²) in [6.07, 6.45) is 0. The fourth-order valence-electron chi connectivity index (χ4n) is 0.914. The summed E-state index contributed by atoms with van der Waals surface area (Å²) in [7, 11) is 0. The molecule has 0 atom stereocenters. The van der Waals surface area contributed by atoms with E-state index < -0.39 is 0 Å². The average molecular weight is 202 g/mol. The van der Waals surface area contributed by atoms with E-state index in [9.17, 15) is 0 Å². The molecule has 0 radical (unpaired) electrons. The van der Waals surface area contributed by atoms with Gasteiger partial charge in [0.15, 0.2) is 0 Å². The molecule has 0 heterocycles. The number of thioether (sulfide) groups is 1. The molecule has 0 saturated heterocycles. The highest BCUT2D eigenvalue weighted by Crippen LogP contribution is 2.44. The van der Waals surface area contributed by atoms with E-state index >= 15 is 0 Å². The first-order valence-electron chi connectivity index (χ1n) is 5.29. The van der Waals surface area contributed by atoms with Crippen molar-refractivity contribution in [1.82, 2.24) is 0 Å². The summed E-state index contributed by atoms with van der Waals surface area (Å²) in [4.78, 5) is 0. The van der Waals surface area contributed by atoms with Gasteiger partial charge in [0.2, 0.25) is 0 Å². The van der Waals surface area contributed by atoms with Gasteiger partial charge in [0.05, 0.1) is 0 Å². The van der Waals surface area contributed by atoms with Crippen LogP contribution in [0, 0.1) is 11.8 Å². The fraction of sp³-hybridized carbons (Fsp3) is 1.00. The van der Waals surface area contributed by atoms with Gasteiger partial charge in [-0.15, -0.1) is 11.8 Å². The molecule has 80 valence electrons. The van der Waals surface area contributed by atoms with Gasteiger partial charge >= 0.3 is 0 Å². The molecule has 0 aliphatic heterocycles. The summed E-state index contributed by atoms with van der Waals surface area (Å²) >= 11 is 2.12. The highest BCUT2D eigenvalue weighted by atomic mass is 32.2. The van der Waals surface area contributed by atoms with Crippen LogP contribution >= 0.6 is 11.8 Å². The Bertz CT molecular complexity index is 137. The Labute approximate surface area is 88.9 Å². The van der Waals surface area contributed by atoms with Crippen LogP contribution in [0.1, 0.15) is 55.4 Å². The van der Waals surface area contributed by atoms with Crippen molar-refractivity contribution in [3.8, 4) is 0 Å². The third-order valence-corrected chi connectivity index (χ3v) is 5.30. The van der Waals surface area contributed by atoms with Gasteiger partial charge in [-0.05, 0) is 11.8 Å². The summed E-state index contributed by atoms with van der Waals surface area (Å²) in [5.74, 6) is 1.46. The smallest absolute Gasteiger partial charge is 0.0132 e. The predicted molar refractivity (Wildman–Crippen MR) is 65.4 cm³/mol. The number of hydrogen-bond donors (Lipinski definition) is 0. The van der Waals surface area contributed by atoms with Gasteiger partial charge in [0.25, 0.3) is 0 Å². The third-order valence-electron chi connectivity index (χ3n) is 3.31. The van der Waals surface area contributed by atoms with Gasteiger partial charge in [-0.1, -0.05) is 55.4 Å². The minimum Gasteiger partial charge on any atom is -0.149 e. The van der Waals surface area contributed by atoms with E-state index in [2.05, 4.69) is 67.2 Å². The van der Waals surface area contributed by atoms with E-state index in [4.69, 9.17) is 0 Å². The minimum atomic E-state index is 0.383. The van der Waals surface area contributed by atoms with Crippen LogP contribution in [0.3, 0.4) is 0 Å². The van der Waals surface area contributed by atoms with Crippen LogP contribution in [0.5, 0.6) is 0 Å². The topological polar surface area (TPSA) is 0 Å². The van der Waals surface area contributed by atoms with Crippen LogP contribution in [0.2, 0.25) is 0 Å². The summed E-state index contributed by atoms with van der Waals surface area (Å²) in [6, 6.07) is 0. The molecule has 0 fully saturated rings. The lowest BCUT2D eigenvalue weighted by Gasteiger charge is -2.39. The predicted octanol–water partition coefficient (Wildman–Crippen LogP) is 4.59. The molecule has 13 heavy (non-hydrogen) atoms. The van der Waals surface area contributed by atoms with Crippen LogP contribution in [0.4, 0.5) is 0 Å². The lowest BCUT2D eigenvalue weighted by Crippen LogP contribution is -2.33. The van der Waals surface area contributed by atoms with Gasteiger partial charge in [0.1, 0.15) is 0 Å². The molecule has 0 saturated carbocycles. The van der Waals surface area contributed by atoms with Crippen LogP contribution in [0.15, 0.2) is 0 Å². The first-order chi connectivity index (χ1) is 5.59. The van der Waals surface area contributed by atoms with Crippen molar-refractivity contribution in [2.24, 2.45) is 11.8 Å². The zero-order chi connectivity index (χ0) is 10.9. The molecule has 0 unspecified atom stereocenters. The van der Waals surface area contributed by atoms with Crippen molar-refractivity contribution in [2.45, 2.75) is 64.9 Å². The molecular formula is C12H26S.